The molecular weight excluding hydrogens is 238 g/mol. The van der Waals surface area contributed by atoms with E-state index in [0.717, 1.165) is 29.9 Å². The Kier molecular flexibility index (Phi) is 2.78. The summed E-state index contributed by atoms with van der Waals surface area (Å²) in [6.07, 6.45) is 8.33. The van der Waals surface area contributed by atoms with Gasteiger partial charge in [-0.15, -0.1) is 0 Å². The first-order chi connectivity index (χ1) is 9.40. The number of anilines is 1. The zero-order valence-electron chi connectivity index (χ0n) is 11.3. The van der Waals surface area contributed by atoms with Crippen LogP contribution in [0.15, 0.2) is 12.1 Å². The fourth-order valence-corrected chi connectivity index (χ4v) is 3.85. The van der Waals surface area contributed by atoms with Crippen molar-refractivity contribution in [2.45, 2.75) is 38.5 Å². The summed E-state index contributed by atoms with van der Waals surface area (Å²) in [7, 11) is 0. The lowest BCUT2D eigenvalue weighted by Crippen LogP contribution is -2.30. The average molecular weight is 259 g/mol. The van der Waals surface area contributed by atoms with Crippen LogP contribution in [0.1, 0.15) is 37.7 Å². The van der Waals surface area contributed by atoms with Gasteiger partial charge in [0.2, 0.25) is 6.79 Å². The number of benzene rings is 1. The molecule has 1 aromatic rings. The van der Waals surface area contributed by atoms with Gasteiger partial charge in [-0.1, -0.05) is 32.1 Å². The van der Waals surface area contributed by atoms with E-state index in [0.29, 0.717) is 6.79 Å². The van der Waals surface area contributed by atoms with Crippen LogP contribution in [0, 0.1) is 11.8 Å². The number of ether oxygens (including phenoxy) is 2. The van der Waals surface area contributed by atoms with Crippen LogP contribution >= 0.6 is 0 Å². The fourth-order valence-electron chi connectivity index (χ4n) is 3.85. The third kappa shape index (κ3) is 2.05. The molecule has 0 bridgehead atoms. The van der Waals surface area contributed by atoms with E-state index < -0.39 is 0 Å². The molecule has 1 N–H and O–H groups in total. The first-order valence-corrected chi connectivity index (χ1v) is 7.56. The number of hydrogen-bond donors (Lipinski definition) is 1. The molecule has 1 saturated carbocycles. The van der Waals surface area contributed by atoms with E-state index in [2.05, 4.69) is 17.4 Å². The zero-order chi connectivity index (χ0) is 12.7. The Bertz CT molecular complexity index is 480. The largest absolute Gasteiger partial charge is 0.454 e. The summed E-state index contributed by atoms with van der Waals surface area (Å²) < 4.78 is 10.9. The quantitative estimate of drug-likeness (QED) is 0.836. The maximum absolute atomic E-state index is 5.50. The van der Waals surface area contributed by atoms with Crippen molar-refractivity contribution < 1.29 is 9.47 Å². The van der Waals surface area contributed by atoms with Gasteiger partial charge in [-0.25, -0.2) is 0 Å². The van der Waals surface area contributed by atoms with Crippen LogP contribution in [0.3, 0.4) is 0 Å². The molecule has 1 aliphatic carbocycles. The van der Waals surface area contributed by atoms with Crippen LogP contribution < -0.4 is 14.8 Å². The lowest BCUT2D eigenvalue weighted by molar-refractivity contribution is 0.174. The third-order valence-corrected chi connectivity index (χ3v) is 4.95. The van der Waals surface area contributed by atoms with Crippen LogP contribution in [0.4, 0.5) is 5.69 Å². The van der Waals surface area contributed by atoms with Gasteiger partial charge in [-0.05, 0) is 29.9 Å². The number of fused-ring (bicyclic) bond motifs is 2. The van der Waals surface area contributed by atoms with Crippen molar-refractivity contribution in [1.29, 1.82) is 0 Å². The highest BCUT2D eigenvalue weighted by molar-refractivity contribution is 5.62. The summed E-state index contributed by atoms with van der Waals surface area (Å²) in [5.41, 5.74) is 2.65. The van der Waals surface area contributed by atoms with Gasteiger partial charge in [0.05, 0.1) is 0 Å². The summed E-state index contributed by atoms with van der Waals surface area (Å²) in [6, 6.07) is 4.29. The molecule has 19 heavy (non-hydrogen) atoms. The Hall–Kier alpha value is -1.38. The Morgan fingerprint density at radius 3 is 2.58 bits per heavy atom. The monoisotopic (exact) mass is 259 g/mol. The maximum atomic E-state index is 5.50. The molecule has 4 rings (SSSR count). The van der Waals surface area contributed by atoms with Crippen molar-refractivity contribution in [3.05, 3.63) is 17.7 Å². The zero-order valence-corrected chi connectivity index (χ0v) is 11.3. The van der Waals surface area contributed by atoms with E-state index in [1.165, 1.54) is 49.8 Å². The maximum Gasteiger partial charge on any atom is 0.231 e. The predicted molar refractivity (Wildman–Crippen MR) is 74.8 cm³/mol. The van der Waals surface area contributed by atoms with E-state index in [-0.39, 0.29) is 0 Å². The number of rotatable bonds is 1. The molecule has 3 nitrogen and oxygen atoms in total. The SMILES string of the molecule is c1c2c(cc3c1OCO3)NCC(C1CCCCC1)C2. The van der Waals surface area contributed by atoms with Crippen LogP contribution in [0.5, 0.6) is 11.5 Å². The van der Waals surface area contributed by atoms with Gasteiger partial charge < -0.3 is 14.8 Å². The van der Waals surface area contributed by atoms with Crippen molar-refractivity contribution in [3.8, 4) is 11.5 Å². The van der Waals surface area contributed by atoms with Gasteiger partial charge in [-0.2, -0.15) is 0 Å². The lowest BCUT2D eigenvalue weighted by Gasteiger charge is -2.34. The first-order valence-electron chi connectivity index (χ1n) is 7.56. The molecule has 1 unspecified atom stereocenters. The Labute approximate surface area is 114 Å². The summed E-state index contributed by atoms with van der Waals surface area (Å²) in [5, 5.41) is 3.60. The van der Waals surface area contributed by atoms with E-state index in [1.54, 1.807) is 0 Å². The van der Waals surface area contributed by atoms with Gasteiger partial charge in [0, 0.05) is 18.3 Å². The molecule has 1 aromatic carbocycles. The molecule has 102 valence electrons. The summed E-state index contributed by atoms with van der Waals surface area (Å²) in [5.74, 6) is 3.53. The van der Waals surface area contributed by atoms with Crippen molar-refractivity contribution in [3.63, 3.8) is 0 Å². The van der Waals surface area contributed by atoms with Crippen molar-refractivity contribution in [2.24, 2.45) is 11.8 Å². The molecule has 2 aliphatic heterocycles. The molecule has 0 radical (unpaired) electrons. The third-order valence-electron chi connectivity index (χ3n) is 4.95. The number of hydrogen-bond acceptors (Lipinski definition) is 3. The van der Waals surface area contributed by atoms with E-state index in [1.807, 2.05) is 0 Å². The highest BCUT2D eigenvalue weighted by atomic mass is 16.7. The molecular formula is C16H21NO2. The highest BCUT2D eigenvalue weighted by Crippen LogP contribution is 2.42. The Balaban J connectivity index is 1.56. The second kappa shape index (κ2) is 4.62. The second-order valence-electron chi connectivity index (χ2n) is 6.11. The highest BCUT2D eigenvalue weighted by Gasteiger charge is 2.29. The molecule has 0 saturated heterocycles. The van der Waals surface area contributed by atoms with Gasteiger partial charge >= 0.3 is 0 Å². The van der Waals surface area contributed by atoms with Crippen molar-refractivity contribution in [1.82, 2.24) is 0 Å². The van der Waals surface area contributed by atoms with Crippen LogP contribution in [-0.4, -0.2) is 13.3 Å². The Morgan fingerprint density at radius 2 is 1.74 bits per heavy atom. The van der Waals surface area contributed by atoms with Gasteiger partial charge in [0.25, 0.3) is 0 Å². The summed E-state index contributed by atoms with van der Waals surface area (Å²) in [6.45, 7) is 1.49. The van der Waals surface area contributed by atoms with Gasteiger partial charge in [0.1, 0.15) is 0 Å². The molecule has 0 aromatic heterocycles. The topological polar surface area (TPSA) is 30.5 Å². The van der Waals surface area contributed by atoms with E-state index >= 15 is 0 Å². The second-order valence-corrected chi connectivity index (χ2v) is 6.11. The van der Waals surface area contributed by atoms with E-state index in [9.17, 15) is 0 Å². The molecule has 3 heteroatoms. The van der Waals surface area contributed by atoms with Crippen LogP contribution in [0.2, 0.25) is 0 Å². The van der Waals surface area contributed by atoms with Crippen molar-refractivity contribution in [2.75, 3.05) is 18.7 Å². The van der Waals surface area contributed by atoms with Crippen LogP contribution in [0.25, 0.3) is 0 Å². The minimum atomic E-state index is 0.365. The minimum absolute atomic E-state index is 0.365. The molecule has 0 spiro atoms. The Morgan fingerprint density at radius 1 is 0.947 bits per heavy atom. The summed E-state index contributed by atoms with van der Waals surface area (Å²) in [4.78, 5) is 0. The predicted octanol–water partition coefficient (Wildman–Crippen LogP) is 3.58. The molecule has 1 atom stereocenters. The smallest absolute Gasteiger partial charge is 0.231 e. The van der Waals surface area contributed by atoms with Crippen LogP contribution in [-0.2, 0) is 6.42 Å². The molecule has 1 fully saturated rings. The first kappa shape index (κ1) is 11.4. The molecule has 3 aliphatic rings. The fraction of sp³-hybridized carbons (Fsp3) is 0.625. The summed E-state index contributed by atoms with van der Waals surface area (Å²) >= 11 is 0. The number of nitrogens with one attached hydrogen (secondary N) is 1. The standard InChI is InChI=1S/C16H21NO2/c1-2-4-11(5-3-1)13-6-12-7-15-16(19-10-18-15)8-14(12)17-9-13/h7-8,11,13,17H,1-6,9-10H2. The van der Waals surface area contributed by atoms with Gasteiger partial charge in [-0.3, -0.25) is 0 Å². The molecule has 2 heterocycles. The normalized spacial score (nSPS) is 25.8. The molecule has 0 amide bonds. The minimum Gasteiger partial charge on any atom is -0.454 e. The van der Waals surface area contributed by atoms with Gasteiger partial charge in [0.15, 0.2) is 11.5 Å². The van der Waals surface area contributed by atoms with E-state index in [4.69, 9.17) is 9.47 Å². The average Bonchev–Trinajstić information content (AvgIpc) is 2.92. The lowest BCUT2D eigenvalue weighted by atomic mass is 9.76. The van der Waals surface area contributed by atoms with Crippen molar-refractivity contribution >= 4 is 5.69 Å².